The Bertz CT molecular complexity index is 358. The highest BCUT2D eigenvalue weighted by Crippen LogP contribution is 2.25. The molecule has 1 saturated heterocycles. The van der Waals surface area contributed by atoms with Crippen LogP contribution in [0.1, 0.15) is 39.2 Å². The molecule has 0 saturated carbocycles. The van der Waals surface area contributed by atoms with Crippen molar-refractivity contribution in [1.29, 1.82) is 0 Å². The molecule has 1 fully saturated rings. The third-order valence-corrected chi connectivity index (χ3v) is 2.82. The van der Waals surface area contributed by atoms with Gasteiger partial charge in [-0.15, -0.1) is 0 Å². The lowest BCUT2D eigenvalue weighted by atomic mass is 10.0. The molecule has 1 aromatic rings. The Morgan fingerprint density at radius 2 is 1.85 bits per heavy atom. The van der Waals surface area contributed by atoms with Crippen molar-refractivity contribution in [2.45, 2.75) is 51.6 Å². The molecular formula is C16H26O4. The first-order valence-electron chi connectivity index (χ1n) is 6.99. The minimum atomic E-state index is -1.50. The van der Waals surface area contributed by atoms with E-state index in [2.05, 4.69) is 19.1 Å². The molecule has 1 heterocycles. The standard InChI is InChI=1S/C13H18O2.C3H8O2/c1-13(8-5-9-15-13)11-14-10-12-6-3-2-4-7-12;1-3(2,4)5/h2-4,6-7H,5,8-11H2,1H3;4-5H,1-2H3/t13-;/m0./s1. The monoisotopic (exact) mass is 282 g/mol. The number of hydrogen-bond acceptors (Lipinski definition) is 4. The van der Waals surface area contributed by atoms with E-state index in [1.807, 2.05) is 18.2 Å². The van der Waals surface area contributed by atoms with Gasteiger partial charge in [-0.2, -0.15) is 0 Å². The largest absolute Gasteiger partial charge is 0.374 e. The molecule has 2 N–H and O–H groups in total. The molecule has 0 bridgehead atoms. The van der Waals surface area contributed by atoms with Gasteiger partial charge in [0.25, 0.3) is 0 Å². The molecule has 0 radical (unpaired) electrons. The van der Waals surface area contributed by atoms with Crippen LogP contribution >= 0.6 is 0 Å². The molecule has 0 spiro atoms. The zero-order valence-corrected chi connectivity index (χ0v) is 12.6. The quantitative estimate of drug-likeness (QED) is 0.833. The second kappa shape index (κ2) is 7.74. The summed E-state index contributed by atoms with van der Waals surface area (Å²) in [6.45, 7) is 6.98. The van der Waals surface area contributed by atoms with Gasteiger partial charge in [-0.1, -0.05) is 30.3 Å². The van der Waals surface area contributed by atoms with Crippen molar-refractivity contribution in [2.75, 3.05) is 13.2 Å². The molecule has 4 nitrogen and oxygen atoms in total. The highest BCUT2D eigenvalue weighted by Gasteiger charge is 2.29. The molecule has 1 aliphatic rings. The van der Waals surface area contributed by atoms with E-state index in [0.29, 0.717) is 13.2 Å². The molecule has 0 aromatic heterocycles. The topological polar surface area (TPSA) is 58.9 Å². The van der Waals surface area contributed by atoms with Gasteiger partial charge in [0.05, 0.1) is 18.8 Å². The molecule has 20 heavy (non-hydrogen) atoms. The lowest BCUT2D eigenvalue weighted by Crippen LogP contribution is -2.29. The first-order valence-corrected chi connectivity index (χ1v) is 6.99. The smallest absolute Gasteiger partial charge is 0.156 e. The average Bonchev–Trinajstić information content (AvgIpc) is 2.76. The van der Waals surface area contributed by atoms with Crippen molar-refractivity contribution in [3.63, 3.8) is 0 Å². The van der Waals surface area contributed by atoms with Gasteiger partial charge in [-0.25, -0.2) is 0 Å². The fraction of sp³-hybridized carbons (Fsp3) is 0.625. The molecule has 114 valence electrons. The summed E-state index contributed by atoms with van der Waals surface area (Å²) >= 11 is 0. The minimum absolute atomic E-state index is 0.0468. The van der Waals surface area contributed by atoms with Gasteiger partial charge in [0.2, 0.25) is 0 Å². The van der Waals surface area contributed by atoms with Crippen LogP contribution in [0.2, 0.25) is 0 Å². The molecule has 0 aliphatic carbocycles. The Labute approximate surface area is 121 Å². The highest BCUT2D eigenvalue weighted by atomic mass is 16.5. The maximum Gasteiger partial charge on any atom is 0.156 e. The van der Waals surface area contributed by atoms with Crippen molar-refractivity contribution in [1.82, 2.24) is 0 Å². The Morgan fingerprint density at radius 3 is 2.35 bits per heavy atom. The van der Waals surface area contributed by atoms with Gasteiger partial charge in [0.15, 0.2) is 5.79 Å². The molecule has 4 heteroatoms. The zero-order valence-electron chi connectivity index (χ0n) is 12.6. The first kappa shape index (κ1) is 17.1. The van der Waals surface area contributed by atoms with Crippen molar-refractivity contribution in [3.05, 3.63) is 35.9 Å². The maximum atomic E-state index is 8.08. The van der Waals surface area contributed by atoms with Crippen LogP contribution in [0, 0.1) is 0 Å². The lowest BCUT2D eigenvalue weighted by molar-refractivity contribution is -0.127. The Kier molecular flexibility index (Phi) is 6.62. The molecule has 1 atom stereocenters. The summed E-state index contributed by atoms with van der Waals surface area (Å²) in [7, 11) is 0. The van der Waals surface area contributed by atoms with Crippen molar-refractivity contribution < 1.29 is 19.7 Å². The number of aliphatic hydroxyl groups is 2. The van der Waals surface area contributed by atoms with Crippen molar-refractivity contribution in [2.24, 2.45) is 0 Å². The Hall–Kier alpha value is -0.940. The summed E-state index contributed by atoms with van der Waals surface area (Å²) in [4.78, 5) is 0. The van der Waals surface area contributed by atoms with Crippen molar-refractivity contribution >= 4 is 0 Å². The summed E-state index contributed by atoms with van der Waals surface area (Å²) < 4.78 is 11.3. The van der Waals surface area contributed by atoms with Crippen LogP contribution in [0.15, 0.2) is 30.3 Å². The normalized spacial score (nSPS) is 22.2. The predicted octanol–water partition coefficient (Wildman–Crippen LogP) is 2.48. The number of ether oxygens (including phenoxy) is 2. The summed E-state index contributed by atoms with van der Waals surface area (Å²) in [5.74, 6) is -1.50. The van der Waals surface area contributed by atoms with Crippen LogP contribution in [0.5, 0.6) is 0 Å². The second-order valence-corrected chi connectivity index (χ2v) is 5.87. The van der Waals surface area contributed by atoms with E-state index >= 15 is 0 Å². The van der Waals surface area contributed by atoms with Gasteiger partial charge in [0.1, 0.15) is 0 Å². The van der Waals surface area contributed by atoms with Crippen LogP contribution in [-0.2, 0) is 16.1 Å². The minimum Gasteiger partial charge on any atom is -0.374 e. The van der Waals surface area contributed by atoms with Gasteiger partial charge < -0.3 is 19.7 Å². The van der Waals surface area contributed by atoms with Gasteiger partial charge in [-0.3, -0.25) is 0 Å². The number of rotatable bonds is 4. The fourth-order valence-electron chi connectivity index (χ4n) is 1.91. The van der Waals surface area contributed by atoms with E-state index in [1.54, 1.807) is 0 Å². The molecule has 1 aliphatic heterocycles. The number of benzene rings is 1. The third-order valence-electron chi connectivity index (χ3n) is 2.82. The van der Waals surface area contributed by atoms with Crippen molar-refractivity contribution in [3.8, 4) is 0 Å². The summed E-state index contributed by atoms with van der Waals surface area (Å²) in [5, 5.41) is 16.2. The van der Waals surface area contributed by atoms with Gasteiger partial charge in [-0.05, 0) is 39.2 Å². The van der Waals surface area contributed by atoms with E-state index in [1.165, 1.54) is 19.4 Å². The van der Waals surface area contributed by atoms with E-state index < -0.39 is 5.79 Å². The van der Waals surface area contributed by atoms with E-state index in [4.69, 9.17) is 19.7 Å². The fourth-order valence-corrected chi connectivity index (χ4v) is 1.91. The van der Waals surface area contributed by atoms with Gasteiger partial charge >= 0.3 is 0 Å². The van der Waals surface area contributed by atoms with E-state index in [0.717, 1.165) is 19.4 Å². The highest BCUT2D eigenvalue weighted by molar-refractivity contribution is 5.13. The zero-order chi connectivity index (χ0) is 15.1. The Balaban J connectivity index is 0.000000347. The third kappa shape index (κ3) is 8.27. The molecule has 2 rings (SSSR count). The van der Waals surface area contributed by atoms with E-state index in [9.17, 15) is 0 Å². The van der Waals surface area contributed by atoms with Crippen LogP contribution in [0.4, 0.5) is 0 Å². The SMILES string of the molecule is CC(C)(O)O.C[C@@]1(COCc2ccccc2)CCCO1. The van der Waals surface area contributed by atoms with Crippen LogP contribution in [0.3, 0.4) is 0 Å². The lowest BCUT2D eigenvalue weighted by Gasteiger charge is -2.22. The average molecular weight is 282 g/mol. The molecule has 0 amide bonds. The van der Waals surface area contributed by atoms with Crippen LogP contribution < -0.4 is 0 Å². The molecule has 1 aromatic carbocycles. The second-order valence-electron chi connectivity index (χ2n) is 5.87. The molecule has 0 unspecified atom stereocenters. The number of hydrogen-bond donors (Lipinski definition) is 2. The Morgan fingerprint density at radius 1 is 1.25 bits per heavy atom. The van der Waals surface area contributed by atoms with E-state index in [-0.39, 0.29) is 5.60 Å². The summed E-state index contributed by atoms with van der Waals surface area (Å²) in [5.41, 5.74) is 1.17. The summed E-state index contributed by atoms with van der Waals surface area (Å²) in [6, 6.07) is 10.2. The first-order chi connectivity index (χ1) is 9.29. The summed E-state index contributed by atoms with van der Waals surface area (Å²) in [6.07, 6.45) is 2.27. The maximum absolute atomic E-state index is 8.08. The predicted molar refractivity (Wildman–Crippen MR) is 78.2 cm³/mol. The van der Waals surface area contributed by atoms with Gasteiger partial charge in [0, 0.05) is 6.61 Å². The van der Waals surface area contributed by atoms with Crippen LogP contribution in [-0.4, -0.2) is 34.8 Å². The van der Waals surface area contributed by atoms with Crippen LogP contribution in [0.25, 0.3) is 0 Å². The molecular weight excluding hydrogens is 256 g/mol.